The van der Waals surface area contributed by atoms with Crippen LogP contribution in [0, 0.1) is 5.82 Å². The fraction of sp³-hybridized carbons (Fsp3) is 0.190. The number of nitrogens with zero attached hydrogens (tertiary/aromatic N) is 1. The first-order valence-corrected chi connectivity index (χ1v) is 8.31. The van der Waals surface area contributed by atoms with Crippen LogP contribution < -0.4 is 0 Å². The Labute approximate surface area is 150 Å². The number of Topliss-reactive ketones (excluding diaryl/α,β-unsaturated/α-hetero) is 1. The second-order valence-electron chi connectivity index (χ2n) is 6.27. The van der Waals surface area contributed by atoms with Crippen LogP contribution in [0.1, 0.15) is 46.2 Å². The molecule has 0 amide bonds. The molecule has 0 bridgehead atoms. The van der Waals surface area contributed by atoms with Gasteiger partial charge in [0.25, 0.3) is 0 Å². The van der Waals surface area contributed by atoms with Gasteiger partial charge < -0.3 is 4.74 Å². The molecular formula is C21H18FNO3. The second-order valence-corrected chi connectivity index (χ2v) is 6.27. The largest absolute Gasteiger partial charge is 0.454 e. The molecule has 2 aromatic carbocycles. The van der Waals surface area contributed by atoms with Gasteiger partial charge in [-0.1, -0.05) is 32.0 Å². The van der Waals surface area contributed by atoms with Crippen molar-refractivity contribution >= 4 is 22.7 Å². The van der Waals surface area contributed by atoms with Crippen LogP contribution in [0.4, 0.5) is 4.39 Å². The number of aromatic nitrogens is 1. The topological polar surface area (TPSA) is 56.3 Å². The molecule has 0 N–H and O–H groups in total. The molecule has 26 heavy (non-hydrogen) atoms. The number of esters is 1. The van der Waals surface area contributed by atoms with Gasteiger partial charge in [-0.25, -0.2) is 9.18 Å². The van der Waals surface area contributed by atoms with Gasteiger partial charge in [-0.15, -0.1) is 0 Å². The molecular weight excluding hydrogens is 333 g/mol. The van der Waals surface area contributed by atoms with Crippen molar-refractivity contribution in [3.05, 3.63) is 77.2 Å². The highest BCUT2D eigenvalue weighted by Gasteiger charge is 2.17. The molecule has 0 unspecified atom stereocenters. The van der Waals surface area contributed by atoms with Crippen molar-refractivity contribution in [2.45, 2.75) is 19.8 Å². The zero-order valence-electron chi connectivity index (χ0n) is 14.5. The van der Waals surface area contributed by atoms with Crippen LogP contribution >= 0.6 is 0 Å². The molecule has 0 saturated carbocycles. The van der Waals surface area contributed by atoms with Crippen molar-refractivity contribution in [3.63, 3.8) is 0 Å². The second kappa shape index (κ2) is 7.44. The number of carbonyl (C=O) groups excluding carboxylic acids is 2. The van der Waals surface area contributed by atoms with E-state index >= 15 is 0 Å². The molecule has 0 aliphatic rings. The lowest BCUT2D eigenvalue weighted by Crippen LogP contribution is -2.15. The number of ketones is 1. The highest BCUT2D eigenvalue weighted by atomic mass is 19.1. The number of hydrogen-bond donors (Lipinski definition) is 0. The SMILES string of the molecule is CC(C)c1cc(C(=O)OCC(=O)c2ccc(F)cc2)c2ccccc2n1. The number of benzene rings is 2. The van der Waals surface area contributed by atoms with E-state index in [0.717, 1.165) is 5.69 Å². The van der Waals surface area contributed by atoms with Gasteiger partial charge >= 0.3 is 5.97 Å². The summed E-state index contributed by atoms with van der Waals surface area (Å²) in [7, 11) is 0. The highest BCUT2D eigenvalue weighted by molar-refractivity contribution is 6.05. The Morgan fingerprint density at radius 1 is 1.08 bits per heavy atom. The average molecular weight is 351 g/mol. The lowest BCUT2D eigenvalue weighted by molar-refractivity contribution is 0.0476. The van der Waals surface area contributed by atoms with Crippen LogP contribution in [0.5, 0.6) is 0 Å². The van der Waals surface area contributed by atoms with Crippen molar-refractivity contribution in [1.29, 1.82) is 0 Å². The molecule has 1 heterocycles. The van der Waals surface area contributed by atoms with E-state index in [9.17, 15) is 14.0 Å². The van der Waals surface area contributed by atoms with E-state index in [4.69, 9.17) is 4.74 Å². The minimum Gasteiger partial charge on any atom is -0.454 e. The molecule has 0 aliphatic heterocycles. The smallest absolute Gasteiger partial charge is 0.339 e. The minimum absolute atomic E-state index is 0.145. The number of rotatable bonds is 5. The molecule has 3 aromatic rings. The number of ether oxygens (including phenoxy) is 1. The molecule has 0 saturated heterocycles. The van der Waals surface area contributed by atoms with E-state index in [2.05, 4.69) is 4.98 Å². The zero-order valence-corrected chi connectivity index (χ0v) is 14.5. The van der Waals surface area contributed by atoms with Crippen molar-refractivity contribution in [2.24, 2.45) is 0 Å². The van der Waals surface area contributed by atoms with Gasteiger partial charge in [0.2, 0.25) is 0 Å². The van der Waals surface area contributed by atoms with Crippen molar-refractivity contribution < 1.29 is 18.7 Å². The third kappa shape index (κ3) is 3.77. The predicted octanol–water partition coefficient (Wildman–Crippen LogP) is 4.54. The summed E-state index contributed by atoms with van der Waals surface area (Å²) in [6, 6.07) is 14.1. The Morgan fingerprint density at radius 3 is 2.46 bits per heavy atom. The van der Waals surface area contributed by atoms with E-state index in [0.29, 0.717) is 22.0 Å². The lowest BCUT2D eigenvalue weighted by atomic mass is 10.0. The highest BCUT2D eigenvalue weighted by Crippen LogP contribution is 2.23. The first-order valence-electron chi connectivity index (χ1n) is 8.31. The van der Waals surface area contributed by atoms with Crippen molar-refractivity contribution in [1.82, 2.24) is 4.98 Å². The zero-order chi connectivity index (χ0) is 18.7. The Hall–Kier alpha value is -3.08. The summed E-state index contributed by atoms with van der Waals surface area (Å²) in [4.78, 5) is 29.2. The number of pyridine rings is 1. The van der Waals surface area contributed by atoms with Crippen LogP contribution in [0.3, 0.4) is 0 Å². The fourth-order valence-corrected chi connectivity index (χ4v) is 2.59. The Kier molecular flexibility index (Phi) is 5.07. The van der Waals surface area contributed by atoms with Gasteiger partial charge in [-0.05, 0) is 42.3 Å². The maximum atomic E-state index is 12.9. The van der Waals surface area contributed by atoms with Gasteiger partial charge in [-0.3, -0.25) is 9.78 Å². The van der Waals surface area contributed by atoms with Crippen LogP contribution in [0.25, 0.3) is 10.9 Å². The summed E-state index contributed by atoms with van der Waals surface area (Å²) in [5.41, 5.74) is 2.16. The van der Waals surface area contributed by atoms with E-state index < -0.39 is 18.4 Å². The molecule has 0 aliphatic carbocycles. The quantitative estimate of drug-likeness (QED) is 0.500. The molecule has 1 aromatic heterocycles. The molecule has 3 rings (SSSR count). The number of para-hydroxylation sites is 1. The van der Waals surface area contributed by atoms with Crippen LogP contribution in [0.2, 0.25) is 0 Å². The van der Waals surface area contributed by atoms with E-state index in [1.165, 1.54) is 24.3 Å². The van der Waals surface area contributed by atoms with Gasteiger partial charge in [0, 0.05) is 16.6 Å². The number of carbonyl (C=O) groups is 2. The molecule has 0 fully saturated rings. The number of hydrogen-bond acceptors (Lipinski definition) is 4. The third-order valence-corrected chi connectivity index (χ3v) is 4.05. The summed E-state index contributed by atoms with van der Waals surface area (Å²) in [6.07, 6.45) is 0. The first kappa shape index (κ1) is 17.7. The Balaban J connectivity index is 1.83. The maximum absolute atomic E-state index is 12.9. The monoisotopic (exact) mass is 351 g/mol. The predicted molar refractivity (Wildman–Crippen MR) is 96.8 cm³/mol. The summed E-state index contributed by atoms with van der Waals surface area (Å²) in [6.45, 7) is 3.58. The van der Waals surface area contributed by atoms with E-state index in [-0.39, 0.29) is 11.7 Å². The van der Waals surface area contributed by atoms with Gasteiger partial charge in [0.15, 0.2) is 12.4 Å². The molecule has 0 radical (unpaired) electrons. The third-order valence-electron chi connectivity index (χ3n) is 4.05. The summed E-state index contributed by atoms with van der Waals surface area (Å²) in [5, 5.41) is 0.677. The van der Waals surface area contributed by atoms with E-state index in [1.54, 1.807) is 12.1 Å². The van der Waals surface area contributed by atoms with Crippen LogP contribution in [-0.2, 0) is 4.74 Å². The van der Waals surface area contributed by atoms with Gasteiger partial charge in [0.1, 0.15) is 5.82 Å². The summed E-state index contributed by atoms with van der Waals surface area (Å²) in [5.74, 6) is -1.25. The van der Waals surface area contributed by atoms with Crippen molar-refractivity contribution in [2.75, 3.05) is 6.61 Å². The molecule has 0 spiro atoms. The number of fused-ring (bicyclic) bond motifs is 1. The van der Waals surface area contributed by atoms with Crippen molar-refractivity contribution in [3.8, 4) is 0 Å². The number of halogens is 1. The Morgan fingerprint density at radius 2 is 1.77 bits per heavy atom. The van der Waals surface area contributed by atoms with Crippen LogP contribution in [0.15, 0.2) is 54.6 Å². The standard InChI is InChI=1S/C21H18FNO3/c1-13(2)19-11-17(16-5-3-4-6-18(16)23-19)21(25)26-12-20(24)14-7-9-15(22)10-8-14/h3-11,13H,12H2,1-2H3. The Bertz CT molecular complexity index is 965. The first-order chi connectivity index (χ1) is 12.5. The average Bonchev–Trinajstić information content (AvgIpc) is 2.65. The molecule has 0 atom stereocenters. The fourth-order valence-electron chi connectivity index (χ4n) is 2.59. The summed E-state index contributed by atoms with van der Waals surface area (Å²) < 4.78 is 18.1. The van der Waals surface area contributed by atoms with Gasteiger partial charge in [-0.2, -0.15) is 0 Å². The lowest BCUT2D eigenvalue weighted by Gasteiger charge is -2.11. The normalized spacial score (nSPS) is 10.9. The molecule has 132 valence electrons. The van der Waals surface area contributed by atoms with Crippen LogP contribution in [-0.4, -0.2) is 23.3 Å². The summed E-state index contributed by atoms with van der Waals surface area (Å²) >= 11 is 0. The minimum atomic E-state index is -0.582. The molecule has 5 heteroatoms. The van der Waals surface area contributed by atoms with E-state index in [1.807, 2.05) is 32.0 Å². The maximum Gasteiger partial charge on any atom is 0.339 e. The molecule has 4 nitrogen and oxygen atoms in total. The van der Waals surface area contributed by atoms with Gasteiger partial charge in [0.05, 0.1) is 11.1 Å².